The van der Waals surface area contributed by atoms with Crippen molar-refractivity contribution in [3.8, 4) is 34.0 Å². The predicted octanol–water partition coefficient (Wildman–Crippen LogP) is 7.96. The molecule has 0 saturated heterocycles. The number of ether oxygens (including phenoxy) is 1. The monoisotopic (exact) mass is 560 g/mol. The number of carboxylic acids is 1. The number of rotatable bonds is 10. The smallest absolute Gasteiger partial charge is 0.341 e. The first-order valence-corrected chi connectivity index (χ1v) is 15.0. The summed E-state index contributed by atoms with van der Waals surface area (Å²) in [5.41, 5.74) is 7.88. The molecule has 0 fully saturated rings. The first kappa shape index (κ1) is 26.9. The zero-order chi connectivity index (χ0) is 28.0. The van der Waals surface area contributed by atoms with Crippen LogP contribution in [0.2, 0.25) is 0 Å². The highest BCUT2D eigenvalue weighted by atomic mass is 32.2. The van der Waals surface area contributed by atoms with Crippen LogP contribution in [-0.4, -0.2) is 33.0 Å². The topological polar surface area (TPSA) is 64.3 Å². The van der Waals surface area contributed by atoms with E-state index in [2.05, 4.69) is 83.4 Å². The molecule has 4 aromatic carbocycles. The van der Waals surface area contributed by atoms with Gasteiger partial charge < -0.3 is 9.84 Å². The fraction of sp³-hybridized carbons (Fsp3) is 0.200. The van der Waals surface area contributed by atoms with Gasteiger partial charge in [-0.25, -0.2) is 9.78 Å². The van der Waals surface area contributed by atoms with Crippen LogP contribution >= 0.6 is 11.8 Å². The van der Waals surface area contributed by atoms with Crippen molar-refractivity contribution >= 4 is 17.7 Å². The summed E-state index contributed by atoms with van der Waals surface area (Å²) in [5.74, 6) is 1.28. The van der Waals surface area contributed by atoms with E-state index < -0.39 is 5.97 Å². The van der Waals surface area contributed by atoms with Gasteiger partial charge in [-0.15, -0.1) is 0 Å². The summed E-state index contributed by atoms with van der Waals surface area (Å²) < 4.78 is 7.88. The second kappa shape index (κ2) is 12.5. The fourth-order valence-corrected chi connectivity index (χ4v) is 6.77. The van der Waals surface area contributed by atoms with Crippen LogP contribution in [0.3, 0.4) is 0 Å². The second-order valence-electron chi connectivity index (χ2n) is 10.3. The average Bonchev–Trinajstić information content (AvgIpc) is 3.40. The minimum atomic E-state index is -0.951. The molecule has 0 radical (unpaired) electrons. The summed E-state index contributed by atoms with van der Waals surface area (Å²) in [7, 11) is 0. The lowest BCUT2D eigenvalue weighted by molar-refractivity contribution is -0.139. The van der Waals surface area contributed by atoms with Crippen molar-refractivity contribution in [2.45, 2.75) is 30.8 Å². The Balaban J connectivity index is 1.26. The lowest BCUT2D eigenvalue weighted by Gasteiger charge is -2.26. The van der Waals surface area contributed by atoms with Gasteiger partial charge >= 0.3 is 5.97 Å². The van der Waals surface area contributed by atoms with Crippen LogP contribution in [0.1, 0.15) is 24.0 Å². The van der Waals surface area contributed by atoms with Crippen molar-refractivity contribution < 1.29 is 14.6 Å². The Morgan fingerprint density at radius 3 is 2.27 bits per heavy atom. The number of benzene rings is 4. The summed E-state index contributed by atoms with van der Waals surface area (Å²) in [6.07, 6.45) is 4.04. The normalized spacial score (nSPS) is 14.4. The number of carboxylic acid groups (broad SMARTS) is 1. The van der Waals surface area contributed by atoms with Gasteiger partial charge in [-0.1, -0.05) is 103 Å². The number of carbonyl (C=O) groups is 1. The number of hydrogen-bond acceptors (Lipinski definition) is 4. The van der Waals surface area contributed by atoms with Gasteiger partial charge in [-0.05, 0) is 60.9 Å². The first-order chi connectivity index (χ1) is 20.2. The molecular formula is C35H32N2O3S. The molecule has 5 aromatic rings. The largest absolute Gasteiger partial charge is 0.482 e. The number of hydrogen-bond donors (Lipinski definition) is 1. The molecule has 206 valence electrons. The number of imidazole rings is 1. The molecule has 1 aromatic heterocycles. The van der Waals surface area contributed by atoms with Crippen LogP contribution in [0.4, 0.5) is 0 Å². The molecule has 41 heavy (non-hydrogen) atoms. The highest BCUT2D eigenvalue weighted by Crippen LogP contribution is 2.39. The Bertz CT molecular complexity index is 1620. The van der Waals surface area contributed by atoms with E-state index in [4.69, 9.17) is 14.8 Å². The van der Waals surface area contributed by atoms with Crippen LogP contribution in [-0.2, 0) is 17.6 Å². The zero-order valence-electron chi connectivity index (χ0n) is 22.8. The van der Waals surface area contributed by atoms with Crippen LogP contribution in [0.15, 0.2) is 114 Å². The molecule has 1 aliphatic rings. The summed E-state index contributed by atoms with van der Waals surface area (Å²) in [4.78, 5) is 16.3. The van der Waals surface area contributed by atoms with Gasteiger partial charge in [0.2, 0.25) is 0 Å². The SMILES string of the molecule is O=C(O)COc1cccc2c1CCC(CCSc1nc(-c3ccccc3)c(-c3ccccc3)n1-c1ccccc1)C2. The van der Waals surface area contributed by atoms with Crippen molar-refractivity contribution in [1.29, 1.82) is 0 Å². The molecule has 0 saturated carbocycles. The fourth-order valence-electron chi connectivity index (χ4n) is 5.66. The molecular weight excluding hydrogens is 528 g/mol. The number of aromatic nitrogens is 2. The van der Waals surface area contributed by atoms with E-state index in [0.717, 1.165) is 70.4 Å². The van der Waals surface area contributed by atoms with Gasteiger partial charge in [0, 0.05) is 22.6 Å². The van der Waals surface area contributed by atoms with Crippen molar-refractivity contribution in [3.63, 3.8) is 0 Å². The number of aliphatic carboxylic acids is 1. The van der Waals surface area contributed by atoms with Crippen molar-refractivity contribution in [3.05, 3.63) is 120 Å². The van der Waals surface area contributed by atoms with E-state index >= 15 is 0 Å². The predicted molar refractivity (Wildman–Crippen MR) is 165 cm³/mol. The van der Waals surface area contributed by atoms with E-state index in [0.29, 0.717) is 11.7 Å². The van der Waals surface area contributed by atoms with Crippen LogP contribution in [0.5, 0.6) is 5.75 Å². The molecule has 6 rings (SSSR count). The third kappa shape index (κ3) is 6.08. The first-order valence-electron chi connectivity index (χ1n) is 14.0. The van der Waals surface area contributed by atoms with E-state index in [9.17, 15) is 4.79 Å². The Morgan fingerprint density at radius 2 is 1.56 bits per heavy atom. The summed E-state index contributed by atoms with van der Waals surface area (Å²) >= 11 is 1.82. The van der Waals surface area contributed by atoms with Crippen LogP contribution in [0.25, 0.3) is 28.2 Å². The quantitative estimate of drug-likeness (QED) is 0.176. The highest BCUT2D eigenvalue weighted by molar-refractivity contribution is 7.99. The van der Waals surface area contributed by atoms with Gasteiger partial charge in [-0.3, -0.25) is 4.57 Å². The summed E-state index contributed by atoms with van der Waals surface area (Å²) in [5, 5.41) is 10.0. The average molecular weight is 561 g/mol. The summed E-state index contributed by atoms with van der Waals surface area (Å²) in [6.45, 7) is -0.305. The number of thioether (sulfide) groups is 1. The van der Waals surface area contributed by atoms with Crippen LogP contribution < -0.4 is 4.74 Å². The second-order valence-corrected chi connectivity index (χ2v) is 11.4. The highest BCUT2D eigenvalue weighted by Gasteiger charge is 2.24. The molecule has 0 spiro atoms. The molecule has 6 heteroatoms. The molecule has 0 amide bonds. The van der Waals surface area contributed by atoms with E-state index in [1.54, 1.807) is 0 Å². The molecule has 1 N–H and O–H groups in total. The molecule has 0 aliphatic heterocycles. The van der Waals surface area contributed by atoms with E-state index in [1.807, 2.05) is 42.1 Å². The Hall–Kier alpha value is -4.29. The van der Waals surface area contributed by atoms with Crippen LogP contribution in [0, 0.1) is 5.92 Å². The van der Waals surface area contributed by atoms with Crippen molar-refractivity contribution in [1.82, 2.24) is 9.55 Å². The lowest BCUT2D eigenvalue weighted by atomic mass is 9.82. The minimum Gasteiger partial charge on any atom is -0.482 e. The maximum absolute atomic E-state index is 11.0. The van der Waals surface area contributed by atoms with Crippen molar-refractivity contribution in [2.24, 2.45) is 5.92 Å². The van der Waals surface area contributed by atoms with E-state index in [-0.39, 0.29) is 6.61 Å². The molecule has 1 aliphatic carbocycles. The van der Waals surface area contributed by atoms with E-state index in [1.165, 1.54) is 5.56 Å². The molecule has 1 unspecified atom stereocenters. The lowest BCUT2D eigenvalue weighted by Crippen LogP contribution is -2.17. The number of fused-ring (bicyclic) bond motifs is 1. The minimum absolute atomic E-state index is 0.305. The van der Waals surface area contributed by atoms with Crippen molar-refractivity contribution in [2.75, 3.05) is 12.4 Å². The standard InChI is InChI=1S/C35H32N2O3S/c38-32(39)24-40-31-18-10-15-28-23-25(19-20-30(28)31)21-22-41-35-36-33(26-11-4-1-5-12-26)34(27-13-6-2-7-14-27)37(35)29-16-8-3-9-17-29/h1-18,25H,19-24H2,(H,38,39). The number of para-hydroxylation sites is 1. The Morgan fingerprint density at radius 1 is 0.878 bits per heavy atom. The number of nitrogens with zero attached hydrogens (tertiary/aromatic N) is 2. The van der Waals surface area contributed by atoms with Gasteiger partial charge in [-0.2, -0.15) is 0 Å². The third-order valence-electron chi connectivity index (χ3n) is 7.61. The molecule has 5 nitrogen and oxygen atoms in total. The molecule has 1 atom stereocenters. The van der Waals surface area contributed by atoms with Gasteiger partial charge in [0.25, 0.3) is 0 Å². The zero-order valence-corrected chi connectivity index (χ0v) is 23.6. The molecule has 0 bridgehead atoms. The van der Waals surface area contributed by atoms with Gasteiger partial charge in [0.05, 0.1) is 11.4 Å². The Labute approximate surface area is 244 Å². The van der Waals surface area contributed by atoms with Gasteiger partial charge in [0.15, 0.2) is 11.8 Å². The van der Waals surface area contributed by atoms with Gasteiger partial charge in [0.1, 0.15) is 5.75 Å². The summed E-state index contributed by atoms with van der Waals surface area (Å²) in [6, 6.07) is 37.5. The third-order valence-corrected chi connectivity index (χ3v) is 8.58. The maximum atomic E-state index is 11.0. The maximum Gasteiger partial charge on any atom is 0.341 e. The Kier molecular flexibility index (Phi) is 8.19. The molecule has 1 heterocycles.